The highest BCUT2D eigenvalue weighted by atomic mass is 16.1. The summed E-state index contributed by atoms with van der Waals surface area (Å²) in [5.41, 5.74) is 4.27. The summed E-state index contributed by atoms with van der Waals surface area (Å²) in [6.07, 6.45) is 4.09. The summed E-state index contributed by atoms with van der Waals surface area (Å²) < 4.78 is 1.83. The van der Waals surface area contributed by atoms with Crippen LogP contribution in [0.1, 0.15) is 48.9 Å². The van der Waals surface area contributed by atoms with Crippen LogP contribution in [-0.2, 0) is 4.79 Å². The van der Waals surface area contributed by atoms with Crippen molar-refractivity contribution in [2.24, 2.45) is 0 Å². The minimum atomic E-state index is -0.00111. The molecule has 3 heterocycles. The summed E-state index contributed by atoms with van der Waals surface area (Å²) in [4.78, 5) is 12.1. The molecule has 0 radical (unpaired) electrons. The fourth-order valence-electron chi connectivity index (χ4n) is 3.31. The predicted octanol–water partition coefficient (Wildman–Crippen LogP) is 3.19. The van der Waals surface area contributed by atoms with E-state index in [0.717, 1.165) is 22.5 Å². The molecule has 2 aromatic heterocycles. The van der Waals surface area contributed by atoms with Crippen LogP contribution in [0.25, 0.3) is 5.69 Å². The Balaban J connectivity index is 1.82. The van der Waals surface area contributed by atoms with E-state index in [9.17, 15) is 4.79 Å². The molecule has 0 bridgehead atoms. The molecule has 122 valence electrons. The maximum Gasteiger partial charge on any atom is 0.226 e. The number of H-pyrrole nitrogens is 1. The highest BCUT2D eigenvalue weighted by molar-refractivity contribution is 5.94. The molecule has 3 aromatic rings. The molecule has 4 rings (SSSR count). The number of aromatic nitrogens is 4. The Bertz CT molecular complexity index is 879. The Labute approximate surface area is 139 Å². The molecule has 6 nitrogen and oxygen atoms in total. The average molecular weight is 321 g/mol. The lowest BCUT2D eigenvalue weighted by Crippen LogP contribution is -2.24. The largest absolute Gasteiger partial charge is 0.309 e. The maximum atomic E-state index is 12.1. The fraction of sp³-hybridized carbons (Fsp3) is 0.278. The predicted molar refractivity (Wildman–Crippen MR) is 91.3 cm³/mol. The number of carbonyl (C=O) groups excluding carboxylic acids is 1. The highest BCUT2D eigenvalue weighted by Crippen LogP contribution is 2.40. The lowest BCUT2D eigenvalue weighted by molar-refractivity contribution is -0.116. The number of benzene rings is 1. The molecule has 0 saturated carbocycles. The molecule has 1 aromatic carbocycles. The smallest absolute Gasteiger partial charge is 0.226 e. The molecule has 6 heteroatoms. The number of anilines is 1. The molecule has 1 unspecified atom stereocenters. The van der Waals surface area contributed by atoms with Crippen LogP contribution in [0.4, 0.5) is 5.82 Å². The van der Waals surface area contributed by atoms with Crippen molar-refractivity contribution in [3.05, 3.63) is 59.5 Å². The Hall–Kier alpha value is -2.89. The Morgan fingerprint density at radius 2 is 2.17 bits per heavy atom. The van der Waals surface area contributed by atoms with Gasteiger partial charge in [0, 0.05) is 36.0 Å². The SMILES string of the molecule is CC(C)c1[nH]nc2c1C(c1cccc(-n3cccn3)c1)CC(=O)N2. The molecule has 0 fully saturated rings. The van der Waals surface area contributed by atoms with Gasteiger partial charge in [0.05, 0.1) is 5.69 Å². The standard InChI is InChI=1S/C18H19N5O/c1-11(2)17-16-14(10-15(24)20-18(16)22-21-17)12-5-3-6-13(9-12)23-8-4-7-19-23/h3-9,11,14H,10H2,1-2H3,(H2,20,21,22,24). The third kappa shape index (κ3) is 2.40. The van der Waals surface area contributed by atoms with E-state index < -0.39 is 0 Å². The summed E-state index contributed by atoms with van der Waals surface area (Å²) in [6.45, 7) is 4.25. The molecule has 0 aliphatic carbocycles. The Morgan fingerprint density at radius 1 is 1.29 bits per heavy atom. The van der Waals surface area contributed by atoms with E-state index in [2.05, 4.69) is 46.6 Å². The molecule has 1 amide bonds. The monoisotopic (exact) mass is 321 g/mol. The number of rotatable bonds is 3. The number of aromatic amines is 1. The van der Waals surface area contributed by atoms with Crippen LogP contribution in [0.15, 0.2) is 42.7 Å². The fourth-order valence-corrected chi connectivity index (χ4v) is 3.31. The maximum absolute atomic E-state index is 12.1. The van der Waals surface area contributed by atoms with Gasteiger partial charge in [0.15, 0.2) is 5.82 Å². The summed E-state index contributed by atoms with van der Waals surface area (Å²) in [5.74, 6) is 0.969. The van der Waals surface area contributed by atoms with Gasteiger partial charge in [-0.3, -0.25) is 9.89 Å². The van der Waals surface area contributed by atoms with Crippen molar-refractivity contribution < 1.29 is 4.79 Å². The van der Waals surface area contributed by atoms with Crippen molar-refractivity contribution in [2.75, 3.05) is 5.32 Å². The first-order valence-corrected chi connectivity index (χ1v) is 8.11. The van der Waals surface area contributed by atoms with Gasteiger partial charge in [0.1, 0.15) is 0 Å². The zero-order chi connectivity index (χ0) is 16.7. The molecule has 0 saturated heterocycles. The summed E-state index contributed by atoms with van der Waals surface area (Å²) >= 11 is 0. The third-order valence-electron chi connectivity index (χ3n) is 4.45. The number of hydrogen-bond acceptors (Lipinski definition) is 3. The minimum absolute atomic E-state index is 0.000382. The third-order valence-corrected chi connectivity index (χ3v) is 4.45. The van der Waals surface area contributed by atoms with Crippen LogP contribution in [-0.4, -0.2) is 25.9 Å². The lowest BCUT2D eigenvalue weighted by Gasteiger charge is -2.24. The van der Waals surface area contributed by atoms with E-state index in [1.165, 1.54) is 0 Å². The zero-order valence-corrected chi connectivity index (χ0v) is 13.7. The topological polar surface area (TPSA) is 75.6 Å². The van der Waals surface area contributed by atoms with E-state index in [1.807, 2.05) is 29.1 Å². The van der Waals surface area contributed by atoms with Crippen LogP contribution < -0.4 is 5.32 Å². The van der Waals surface area contributed by atoms with Gasteiger partial charge in [-0.15, -0.1) is 0 Å². The van der Waals surface area contributed by atoms with E-state index in [0.29, 0.717) is 18.2 Å². The van der Waals surface area contributed by atoms with Crippen molar-refractivity contribution >= 4 is 11.7 Å². The number of fused-ring (bicyclic) bond motifs is 1. The lowest BCUT2D eigenvalue weighted by atomic mass is 9.83. The zero-order valence-electron chi connectivity index (χ0n) is 13.7. The van der Waals surface area contributed by atoms with Crippen LogP contribution >= 0.6 is 0 Å². The second kappa shape index (κ2) is 5.63. The first-order chi connectivity index (χ1) is 11.6. The summed E-state index contributed by atoms with van der Waals surface area (Å²) in [5, 5.41) is 14.6. The number of hydrogen-bond donors (Lipinski definition) is 2. The van der Waals surface area contributed by atoms with Gasteiger partial charge in [-0.2, -0.15) is 10.2 Å². The van der Waals surface area contributed by atoms with Crippen molar-refractivity contribution in [1.29, 1.82) is 0 Å². The molecule has 1 aliphatic heterocycles. The second-order valence-electron chi connectivity index (χ2n) is 6.40. The summed E-state index contributed by atoms with van der Waals surface area (Å²) in [6, 6.07) is 10.1. The van der Waals surface area contributed by atoms with Gasteiger partial charge in [0.25, 0.3) is 0 Å². The molecule has 1 atom stereocenters. The summed E-state index contributed by atoms with van der Waals surface area (Å²) in [7, 11) is 0. The van der Waals surface area contributed by atoms with E-state index in [4.69, 9.17) is 0 Å². The van der Waals surface area contributed by atoms with E-state index in [-0.39, 0.29) is 11.8 Å². The van der Waals surface area contributed by atoms with Crippen LogP contribution in [0.5, 0.6) is 0 Å². The van der Waals surface area contributed by atoms with Crippen molar-refractivity contribution in [3.63, 3.8) is 0 Å². The van der Waals surface area contributed by atoms with Crippen LogP contribution in [0, 0.1) is 0 Å². The average Bonchev–Trinajstić information content (AvgIpc) is 3.23. The van der Waals surface area contributed by atoms with Crippen molar-refractivity contribution in [3.8, 4) is 5.69 Å². The van der Waals surface area contributed by atoms with Gasteiger partial charge in [-0.25, -0.2) is 4.68 Å². The Kier molecular flexibility index (Phi) is 3.45. The molecule has 0 spiro atoms. The van der Waals surface area contributed by atoms with Crippen molar-refractivity contribution in [1.82, 2.24) is 20.0 Å². The second-order valence-corrected chi connectivity index (χ2v) is 6.40. The number of carbonyl (C=O) groups is 1. The molecule has 1 aliphatic rings. The van der Waals surface area contributed by atoms with E-state index >= 15 is 0 Å². The van der Waals surface area contributed by atoms with Gasteiger partial charge in [-0.1, -0.05) is 26.0 Å². The van der Waals surface area contributed by atoms with E-state index in [1.54, 1.807) is 6.20 Å². The quantitative estimate of drug-likeness (QED) is 0.778. The number of nitrogens with zero attached hydrogens (tertiary/aromatic N) is 3. The highest BCUT2D eigenvalue weighted by Gasteiger charge is 2.32. The normalized spacial score (nSPS) is 17.0. The van der Waals surface area contributed by atoms with Crippen LogP contribution in [0.3, 0.4) is 0 Å². The first kappa shape index (κ1) is 14.7. The van der Waals surface area contributed by atoms with Gasteiger partial charge in [0.2, 0.25) is 5.91 Å². The minimum Gasteiger partial charge on any atom is -0.309 e. The van der Waals surface area contributed by atoms with Crippen molar-refractivity contribution in [2.45, 2.75) is 32.1 Å². The number of amides is 1. The van der Waals surface area contributed by atoms with Crippen LogP contribution in [0.2, 0.25) is 0 Å². The number of nitrogens with one attached hydrogen (secondary N) is 2. The molecular weight excluding hydrogens is 302 g/mol. The molecule has 24 heavy (non-hydrogen) atoms. The van der Waals surface area contributed by atoms with Gasteiger partial charge >= 0.3 is 0 Å². The Morgan fingerprint density at radius 3 is 2.92 bits per heavy atom. The molecular formula is C18H19N5O. The van der Waals surface area contributed by atoms with Gasteiger partial charge < -0.3 is 5.32 Å². The molecule has 2 N–H and O–H groups in total. The van der Waals surface area contributed by atoms with Gasteiger partial charge in [-0.05, 0) is 29.7 Å². The first-order valence-electron chi connectivity index (χ1n) is 8.11.